The van der Waals surface area contributed by atoms with Crippen LogP contribution in [0, 0.1) is 6.07 Å². The van der Waals surface area contributed by atoms with E-state index in [2.05, 4.69) is 6.07 Å². The summed E-state index contributed by atoms with van der Waals surface area (Å²) in [4.78, 5) is 11.9. The van der Waals surface area contributed by atoms with Gasteiger partial charge in [-0.25, -0.2) is 4.79 Å². The second kappa shape index (κ2) is 8.29. The second-order valence-electron chi connectivity index (χ2n) is 3.54. The van der Waals surface area contributed by atoms with Crippen molar-refractivity contribution in [2.45, 2.75) is 6.92 Å². The number of esters is 1. The zero-order chi connectivity index (χ0) is 14.1. The molecular weight excluding hydrogens is 248 g/mol. The Kier molecular flexibility index (Phi) is 6.63. The normalized spacial score (nSPS) is 10.7. The van der Waals surface area contributed by atoms with Crippen LogP contribution in [0.25, 0.3) is 6.08 Å². The van der Waals surface area contributed by atoms with Crippen LogP contribution in [0.1, 0.15) is 22.8 Å². The lowest BCUT2D eigenvalue weighted by atomic mass is 10.1. The molecule has 1 aromatic rings. The van der Waals surface area contributed by atoms with Gasteiger partial charge in [-0.3, -0.25) is 0 Å². The van der Waals surface area contributed by atoms with Gasteiger partial charge in [0.1, 0.15) is 11.3 Å². The first-order valence-corrected chi connectivity index (χ1v) is 5.69. The van der Waals surface area contributed by atoms with Gasteiger partial charge in [0.2, 0.25) is 0 Å². The number of hydrogen-bond donors (Lipinski definition) is 0. The highest BCUT2D eigenvalue weighted by Crippen LogP contribution is 2.26. The molecule has 5 nitrogen and oxygen atoms in total. The Morgan fingerprint density at radius 1 is 1.26 bits per heavy atom. The SMILES string of the molecule is C/C=C\c1c[c]cc(C(=O)OCOC)c1OCOC. The number of carbonyl (C=O) groups excluding carboxylic acids is 1. The first-order chi connectivity index (χ1) is 9.24. The van der Waals surface area contributed by atoms with Crippen molar-refractivity contribution in [2.24, 2.45) is 0 Å². The molecule has 0 spiro atoms. The van der Waals surface area contributed by atoms with E-state index in [4.69, 9.17) is 18.9 Å². The quantitative estimate of drug-likeness (QED) is 0.559. The summed E-state index contributed by atoms with van der Waals surface area (Å²) in [5.41, 5.74) is 1.01. The van der Waals surface area contributed by atoms with E-state index < -0.39 is 5.97 Å². The van der Waals surface area contributed by atoms with E-state index in [1.807, 2.05) is 19.1 Å². The summed E-state index contributed by atoms with van der Waals surface area (Å²) in [7, 11) is 2.95. The second-order valence-corrected chi connectivity index (χ2v) is 3.54. The van der Waals surface area contributed by atoms with E-state index >= 15 is 0 Å². The van der Waals surface area contributed by atoms with Crippen molar-refractivity contribution in [1.82, 2.24) is 0 Å². The molecule has 1 rings (SSSR count). The minimum Gasteiger partial charge on any atom is -0.466 e. The Balaban J connectivity index is 3.06. The van der Waals surface area contributed by atoms with Crippen molar-refractivity contribution in [2.75, 3.05) is 27.8 Å². The Hall–Kier alpha value is -1.85. The fraction of sp³-hybridized carbons (Fsp3) is 0.357. The van der Waals surface area contributed by atoms with Gasteiger partial charge in [0.15, 0.2) is 13.6 Å². The summed E-state index contributed by atoms with van der Waals surface area (Å²) >= 11 is 0. The molecule has 19 heavy (non-hydrogen) atoms. The maximum atomic E-state index is 11.9. The minimum absolute atomic E-state index is 0.0408. The van der Waals surface area contributed by atoms with E-state index in [1.54, 1.807) is 6.07 Å². The van der Waals surface area contributed by atoms with Crippen LogP contribution in [-0.2, 0) is 14.2 Å². The maximum Gasteiger partial charge on any atom is 0.344 e. The van der Waals surface area contributed by atoms with Gasteiger partial charge in [-0.15, -0.1) is 0 Å². The highest BCUT2D eigenvalue weighted by atomic mass is 16.7. The number of carbonyl (C=O) groups is 1. The summed E-state index contributed by atoms with van der Waals surface area (Å²) in [6.07, 6.45) is 3.65. The van der Waals surface area contributed by atoms with Crippen molar-refractivity contribution in [1.29, 1.82) is 0 Å². The Labute approximate surface area is 112 Å². The summed E-state index contributed by atoms with van der Waals surface area (Å²) in [6, 6.07) is 6.11. The van der Waals surface area contributed by atoms with Crippen molar-refractivity contribution in [3.63, 3.8) is 0 Å². The van der Waals surface area contributed by atoms with Gasteiger partial charge in [0.25, 0.3) is 0 Å². The lowest BCUT2D eigenvalue weighted by Gasteiger charge is -2.12. The number of ether oxygens (including phenoxy) is 4. The zero-order valence-corrected chi connectivity index (χ0v) is 11.3. The molecule has 1 radical (unpaired) electrons. The van der Waals surface area contributed by atoms with Crippen LogP contribution >= 0.6 is 0 Å². The fourth-order valence-corrected chi connectivity index (χ4v) is 1.43. The number of hydrogen-bond acceptors (Lipinski definition) is 5. The van der Waals surface area contributed by atoms with Crippen molar-refractivity contribution < 1.29 is 23.7 Å². The molecule has 0 saturated carbocycles. The minimum atomic E-state index is -0.532. The number of methoxy groups -OCH3 is 2. The van der Waals surface area contributed by atoms with E-state index in [0.29, 0.717) is 5.75 Å². The molecule has 0 aliphatic rings. The van der Waals surface area contributed by atoms with Crippen LogP contribution in [0.2, 0.25) is 0 Å². The van der Waals surface area contributed by atoms with Gasteiger partial charge in [-0.05, 0) is 25.1 Å². The van der Waals surface area contributed by atoms with Crippen molar-refractivity contribution >= 4 is 12.0 Å². The van der Waals surface area contributed by atoms with Crippen LogP contribution in [-0.4, -0.2) is 33.8 Å². The van der Waals surface area contributed by atoms with Gasteiger partial charge in [-0.2, -0.15) is 0 Å². The van der Waals surface area contributed by atoms with Crippen molar-refractivity contribution in [3.05, 3.63) is 35.4 Å². The molecule has 0 aliphatic carbocycles. The molecule has 1 aromatic carbocycles. The third-order valence-electron chi connectivity index (χ3n) is 2.17. The highest BCUT2D eigenvalue weighted by molar-refractivity contribution is 5.93. The Morgan fingerprint density at radius 3 is 2.63 bits per heavy atom. The van der Waals surface area contributed by atoms with E-state index in [1.165, 1.54) is 20.3 Å². The van der Waals surface area contributed by atoms with E-state index in [0.717, 1.165) is 5.56 Å². The van der Waals surface area contributed by atoms with Gasteiger partial charge in [0.05, 0.1) is 0 Å². The predicted octanol–water partition coefficient (Wildman–Crippen LogP) is 2.26. The topological polar surface area (TPSA) is 54.0 Å². The molecule has 0 bridgehead atoms. The van der Waals surface area contributed by atoms with Crippen LogP contribution in [0.3, 0.4) is 0 Å². The standard InChI is InChI=1S/C14H17O5/c1-4-6-11-7-5-8-12(13(11)18-9-16-2)14(15)19-10-17-3/h4,6-8H,9-10H2,1-3H3/b6-4-. The Bertz CT molecular complexity index is 439. The lowest BCUT2D eigenvalue weighted by molar-refractivity contribution is -0.0132. The van der Waals surface area contributed by atoms with E-state index in [9.17, 15) is 4.79 Å². The number of allylic oxidation sites excluding steroid dienone is 1. The smallest absolute Gasteiger partial charge is 0.344 e. The Morgan fingerprint density at radius 2 is 2.00 bits per heavy atom. The zero-order valence-electron chi connectivity index (χ0n) is 11.3. The van der Waals surface area contributed by atoms with Crippen LogP contribution in [0.4, 0.5) is 0 Å². The fourth-order valence-electron chi connectivity index (χ4n) is 1.43. The van der Waals surface area contributed by atoms with Gasteiger partial charge in [0, 0.05) is 19.8 Å². The molecule has 0 unspecified atom stereocenters. The summed E-state index contributed by atoms with van der Waals surface area (Å²) in [6.45, 7) is 1.80. The monoisotopic (exact) mass is 265 g/mol. The molecule has 0 atom stereocenters. The van der Waals surface area contributed by atoms with Crippen LogP contribution < -0.4 is 4.74 Å². The molecule has 0 amide bonds. The molecule has 0 heterocycles. The average molecular weight is 265 g/mol. The van der Waals surface area contributed by atoms with E-state index in [-0.39, 0.29) is 19.1 Å². The molecule has 0 aromatic heterocycles. The number of rotatable bonds is 7. The maximum absolute atomic E-state index is 11.9. The predicted molar refractivity (Wildman–Crippen MR) is 69.8 cm³/mol. The highest BCUT2D eigenvalue weighted by Gasteiger charge is 2.16. The largest absolute Gasteiger partial charge is 0.466 e. The van der Waals surface area contributed by atoms with Gasteiger partial charge in [-0.1, -0.05) is 12.2 Å². The summed E-state index contributed by atoms with van der Waals surface area (Å²) in [5, 5.41) is 0. The summed E-state index contributed by atoms with van der Waals surface area (Å²) < 4.78 is 19.9. The first kappa shape index (κ1) is 15.2. The molecule has 103 valence electrons. The molecule has 0 aliphatic heterocycles. The van der Waals surface area contributed by atoms with Gasteiger partial charge >= 0.3 is 5.97 Å². The molecule has 5 heteroatoms. The first-order valence-electron chi connectivity index (χ1n) is 5.69. The molecule has 0 saturated heterocycles. The number of benzene rings is 1. The van der Waals surface area contributed by atoms with Crippen molar-refractivity contribution in [3.8, 4) is 5.75 Å². The average Bonchev–Trinajstić information content (AvgIpc) is 2.43. The van der Waals surface area contributed by atoms with Crippen LogP contribution in [0.15, 0.2) is 18.2 Å². The van der Waals surface area contributed by atoms with Gasteiger partial charge < -0.3 is 18.9 Å². The lowest BCUT2D eigenvalue weighted by Crippen LogP contribution is -2.11. The molecule has 0 fully saturated rings. The summed E-state index contributed by atoms with van der Waals surface area (Å²) in [5.74, 6) is -0.129. The molecule has 0 N–H and O–H groups in total. The third kappa shape index (κ3) is 4.39. The molecular formula is C14H17O5. The third-order valence-corrected chi connectivity index (χ3v) is 2.17. The van der Waals surface area contributed by atoms with Crippen LogP contribution in [0.5, 0.6) is 5.75 Å².